The summed E-state index contributed by atoms with van der Waals surface area (Å²) in [7, 11) is 0. The fourth-order valence-electron chi connectivity index (χ4n) is 7.75. The fraction of sp³-hybridized carbons (Fsp3) is 0.964. The van der Waals surface area contributed by atoms with Crippen molar-refractivity contribution in [1.29, 1.82) is 0 Å². The molecular formula is C28H52O4. The summed E-state index contributed by atoms with van der Waals surface area (Å²) in [6.07, 6.45) is 7.40. The Labute approximate surface area is 197 Å². The molecule has 0 aliphatic heterocycles. The molecule has 0 aromatic carbocycles. The Hall–Kier alpha value is -0.610. The first-order valence-corrected chi connectivity index (χ1v) is 13.3. The van der Waals surface area contributed by atoms with Crippen molar-refractivity contribution < 1.29 is 20.1 Å². The standard InChI is InChI=1S/C28H52O4/c1-9-20(29)12-14-27(6,7)22-13-15-28(8)21(18(4)16-19(5)26(31)32)10-11-23(28)24(22)25(30)17(2)3/h17-25,29-30H,9-16H2,1-8H3,(H,31,32)/t18-,19?,20+,21-,22?,23?,24?,25-,28-/m1/s1. The van der Waals surface area contributed by atoms with Gasteiger partial charge in [-0.1, -0.05) is 55.4 Å². The Morgan fingerprint density at radius 1 is 1.09 bits per heavy atom. The molecule has 2 saturated carbocycles. The van der Waals surface area contributed by atoms with E-state index in [1.54, 1.807) is 0 Å². The molecule has 2 aliphatic carbocycles. The lowest BCUT2D eigenvalue weighted by Crippen LogP contribution is -2.52. The van der Waals surface area contributed by atoms with Gasteiger partial charge in [0.2, 0.25) is 0 Å². The fourth-order valence-corrected chi connectivity index (χ4v) is 7.75. The molecule has 0 saturated heterocycles. The first-order chi connectivity index (χ1) is 14.8. The lowest BCUT2D eigenvalue weighted by atomic mass is 9.50. The molecule has 0 aromatic rings. The normalized spacial score (nSPS) is 34.7. The topological polar surface area (TPSA) is 77.8 Å². The quantitative estimate of drug-likeness (QED) is 0.339. The molecule has 32 heavy (non-hydrogen) atoms. The number of fused-ring (bicyclic) bond motifs is 1. The van der Waals surface area contributed by atoms with Gasteiger partial charge in [0.15, 0.2) is 0 Å². The number of carboxylic acid groups (broad SMARTS) is 1. The largest absolute Gasteiger partial charge is 0.481 e. The molecule has 9 atom stereocenters. The summed E-state index contributed by atoms with van der Waals surface area (Å²) in [4.78, 5) is 11.5. The van der Waals surface area contributed by atoms with Gasteiger partial charge in [-0.05, 0) is 97.7 Å². The summed E-state index contributed by atoms with van der Waals surface area (Å²) >= 11 is 0. The van der Waals surface area contributed by atoms with Crippen LogP contribution in [-0.4, -0.2) is 33.5 Å². The monoisotopic (exact) mass is 452 g/mol. The average Bonchev–Trinajstić information content (AvgIpc) is 3.07. The van der Waals surface area contributed by atoms with Crippen LogP contribution in [0.4, 0.5) is 0 Å². The third kappa shape index (κ3) is 5.71. The van der Waals surface area contributed by atoms with Crippen molar-refractivity contribution in [3.05, 3.63) is 0 Å². The van der Waals surface area contributed by atoms with E-state index in [0.29, 0.717) is 23.7 Å². The van der Waals surface area contributed by atoms with Crippen LogP contribution in [0.25, 0.3) is 0 Å². The van der Waals surface area contributed by atoms with Gasteiger partial charge < -0.3 is 15.3 Å². The number of aliphatic hydroxyl groups is 2. The molecule has 0 radical (unpaired) electrons. The Kier molecular flexibility index (Phi) is 9.29. The van der Waals surface area contributed by atoms with E-state index in [4.69, 9.17) is 0 Å². The number of rotatable bonds is 11. The molecule has 2 aliphatic rings. The molecule has 0 spiro atoms. The van der Waals surface area contributed by atoms with Crippen molar-refractivity contribution in [2.75, 3.05) is 0 Å². The second-order valence-electron chi connectivity index (χ2n) is 12.8. The summed E-state index contributed by atoms with van der Waals surface area (Å²) in [5, 5.41) is 31.1. The molecule has 0 heterocycles. The number of carboxylic acids is 1. The van der Waals surface area contributed by atoms with Crippen molar-refractivity contribution in [2.45, 2.75) is 119 Å². The van der Waals surface area contributed by atoms with E-state index < -0.39 is 5.97 Å². The minimum Gasteiger partial charge on any atom is -0.481 e. The third-order valence-electron chi connectivity index (χ3n) is 9.91. The van der Waals surface area contributed by atoms with Crippen LogP contribution in [0, 0.1) is 52.3 Å². The lowest BCUT2D eigenvalue weighted by molar-refractivity contribution is -0.142. The molecule has 188 valence electrons. The zero-order chi connectivity index (χ0) is 24.4. The van der Waals surface area contributed by atoms with Gasteiger partial charge in [-0.15, -0.1) is 0 Å². The number of aliphatic carboxylic acids is 1. The van der Waals surface area contributed by atoms with Gasteiger partial charge in [0.05, 0.1) is 18.1 Å². The number of hydrogen-bond acceptors (Lipinski definition) is 3. The van der Waals surface area contributed by atoms with Crippen LogP contribution in [0.15, 0.2) is 0 Å². The Balaban J connectivity index is 2.29. The van der Waals surface area contributed by atoms with Gasteiger partial charge in [-0.3, -0.25) is 4.79 Å². The minimum atomic E-state index is -0.690. The first kappa shape index (κ1) is 27.6. The number of aliphatic hydroxyl groups excluding tert-OH is 2. The van der Waals surface area contributed by atoms with Gasteiger partial charge in [-0.2, -0.15) is 0 Å². The van der Waals surface area contributed by atoms with E-state index in [1.165, 1.54) is 6.42 Å². The third-order valence-corrected chi connectivity index (χ3v) is 9.91. The molecule has 0 aromatic heterocycles. The van der Waals surface area contributed by atoms with Crippen LogP contribution in [-0.2, 0) is 4.79 Å². The highest BCUT2D eigenvalue weighted by Crippen LogP contribution is 2.64. The van der Waals surface area contributed by atoms with Crippen molar-refractivity contribution in [1.82, 2.24) is 0 Å². The van der Waals surface area contributed by atoms with Crippen LogP contribution < -0.4 is 0 Å². The summed E-state index contributed by atoms with van der Waals surface area (Å²) in [5.74, 6) is 1.37. The summed E-state index contributed by atoms with van der Waals surface area (Å²) < 4.78 is 0. The highest BCUT2D eigenvalue weighted by molar-refractivity contribution is 5.69. The molecule has 2 fully saturated rings. The van der Waals surface area contributed by atoms with Gasteiger partial charge in [0.1, 0.15) is 0 Å². The van der Waals surface area contributed by atoms with Crippen LogP contribution in [0.1, 0.15) is 107 Å². The van der Waals surface area contributed by atoms with Gasteiger partial charge >= 0.3 is 5.97 Å². The second-order valence-corrected chi connectivity index (χ2v) is 12.8. The molecule has 4 heteroatoms. The average molecular weight is 453 g/mol. The predicted molar refractivity (Wildman–Crippen MR) is 131 cm³/mol. The van der Waals surface area contributed by atoms with E-state index in [1.807, 2.05) is 13.8 Å². The van der Waals surface area contributed by atoms with Gasteiger partial charge in [-0.25, -0.2) is 0 Å². The van der Waals surface area contributed by atoms with E-state index in [9.17, 15) is 20.1 Å². The van der Waals surface area contributed by atoms with Crippen molar-refractivity contribution in [3.63, 3.8) is 0 Å². The Morgan fingerprint density at radius 3 is 2.25 bits per heavy atom. The van der Waals surface area contributed by atoms with Crippen molar-refractivity contribution in [3.8, 4) is 0 Å². The van der Waals surface area contributed by atoms with E-state index in [2.05, 4.69) is 41.5 Å². The zero-order valence-electron chi connectivity index (χ0n) is 22.1. The van der Waals surface area contributed by atoms with Crippen LogP contribution >= 0.6 is 0 Å². The summed E-state index contributed by atoms with van der Waals surface area (Å²) in [6.45, 7) is 17.6. The first-order valence-electron chi connectivity index (χ1n) is 13.3. The zero-order valence-corrected chi connectivity index (χ0v) is 22.1. The van der Waals surface area contributed by atoms with Crippen molar-refractivity contribution >= 4 is 5.97 Å². The molecule has 4 nitrogen and oxygen atoms in total. The smallest absolute Gasteiger partial charge is 0.306 e. The summed E-state index contributed by atoms with van der Waals surface area (Å²) in [5.41, 5.74) is 0.257. The molecule has 0 amide bonds. The van der Waals surface area contributed by atoms with Gasteiger partial charge in [0, 0.05) is 0 Å². The maximum atomic E-state index is 11.5. The predicted octanol–water partition coefficient (Wildman–Crippen LogP) is 6.39. The number of hydrogen-bond donors (Lipinski definition) is 3. The molecule has 0 bridgehead atoms. The molecule has 2 rings (SSSR count). The Morgan fingerprint density at radius 2 is 1.72 bits per heavy atom. The molecular weight excluding hydrogens is 400 g/mol. The van der Waals surface area contributed by atoms with E-state index >= 15 is 0 Å². The van der Waals surface area contributed by atoms with E-state index in [0.717, 1.165) is 44.9 Å². The summed E-state index contributed by atoms with van der Waals surface area (Å²) in [6, 6.07) is 0. The van der Waals surface area contributed by atoms with Crippen molar-refractivity contribution in [2.24, 2.45) is 52.3 Å². The SMILES string of the molecule is CC[C@H](O)CCC(C)(C)C1CC[C@@]2(C)C(CC[C@@H]2[C@H](C)CC(C)C(=O)O)C1[C@H](O)C(C)C. The van der Waals surface area contributed by atoms with Crippen LogP contribution in [0.5, 0.6) is 0 Å². The molecule has 4 unspecified atom stereocenters. The van der Waals surface area contributed by atoms with Crippen LogP contribution in [0.2, 0.25) is 0 Å². The maximum Gasteiger partial charge on any atom is 0.306 e. The maximum absolute atomic E-state index is 11.5. The minimum absolute atomic E-state index is 0.0829. The highest BCUT2D eigenvalue weighted by atomic mass is 16.4. The number of carbonyl (C=O) groups is 1. The second kappa shape index (κ2) is 10.8. The lowest BCUT2D eigenvalue weighted by Gasteiger charge is -2.55. The van der Waals surface area contributed by atoms with E-state index in [-0.39, 0.29) is 40.8 Å². The highest BCUT2D eigenvalue weighted by Gasteiger charge is 2.58. The van der Waals surface area contributed by atoms with Crippen LogP contribution in [0.3, 0.4) is 0 Å². The molecule has 3 N–H and O–H groups in total. The van der Waals surface area contributed by atoms with Gasteiger partial charge in [0.25, 0.3) is 0 Å². The Bertz CT molecular complexity index is 615.